The highest BCUT2D eigenvalue weighted by Gasteiger charge is 2.19. The summed E-state index contributed by atoms with van der Waals surface area (Å²) in [6, 6.07) is 8.70. The van der Waals surface area contributed by atoms with Crippen molar-refractivity contribution in [3.05, 3.63) is 58.8 Å². The average Bonchev–Trinajstić information content (AvgIpc) is 2.98. The number of furan rings is 1. The number of carbonyl (C=O) groups is 1. The molecule has 1 aromatic heterocycles. The molecule has 0 radical (unpaired) electrons. The second-order valence-electron chi connectivity index (χ2n) is 7.18. The van der Waals surface area contributed by atoms with E-state index in [1.165, 1.54) is 26.2 Å². The first-order valence-corrected chi connectivity index (χ1v) is 10.3. The molecule has 3 aromatic rings. The first kappa shape index (κ1) is 20.1. The van der Waals surface area contributed by atoms with Crippen molar-refractivity contribution in [2.24, 2.45) is 0 Å². The third-order valence-corrected chi connectivity index (χ3v) is 6.69. The number of aryl methyl sites for hydroxylation is 3. The molecule has 1 amide bonds. The van der Waals surface area contributed by atoms with Crippen molar-refractivity contribution in [1.82, 2.24) is 4.31 Å². The molecule has 0 unspecified atom stereocenters. The van der Waals surface area contributed by atoms with Crippen LogP contribution in [0, 0.1) is 20.8 Å². The highest BCUT2D eigenvalue weighted by Crippen LogP contribution is 2.26. The van der Waals surface area contributed by atoms with E-state index in [1.807, 2.05) is 32.9 Å². The topological polar surface area (TPSA) is 79.6 Å². The van der Waals surface area contributed by atoms with Crippen molar-refractivity contribution >= 4 is 32.6 Å². The Labute approximate surface area is 165 Å². The lowest BCUT2D eigenvalue weighted by molar-refractivity contribution is -0.115. The maximum absolute atomic E-state index is 12.6. The maximum atomic E-state index is 12.6. The van der Waals surface area contributed by atoms with Crippen LogP contribution in [0.25, 0.3) is 11.0 Å². The fourth-order valence-corrected chi connectivity index (χ4v) is 3.88. The van der Waals surface area contributed by atoms with Crippen LogP contribution < -0.4 is 5.32 Å². The summed E-state index contributed by atoms with van der Waals surface area (Å²) in [5, 5.41) is 3.74. The van der Waals surface area contributed by atoms with Gasteiger partial charge in [0.2, 0.25) is 15.9 Å². The number of carbonyl (C=O) groups excluding carboxylic acids is 1. The third-order valence-electron chi connectivity index (χ3n) is 4.88. The highest BCUT2D eigenvalue weighted by atomic mass is 32.2. The smallest absolute Gasteiger partial charge is 0.242 e. The van der Waals surface area contributed by atoms with Gasteiger partial charge in [-0.2, -0.15) is 0 Å². The van der Waals surface area contributed by atoms with Crippen LogP contribution in [0.4, 0.5) is 5.69 Å². The normalized spacial score (nSPS) is 11.9. The van der Waals surface area contributed by atoms with Crippen molar-refractivity contribution in [3.8, 4) is 0 Å². The molecule has 148 valence electrons. The Morgan fingerprint density at radius 2 is 1.71 bits per heavy atom. The van der Waals surface area contributed by atoms with Crippen molar-refractivity contribution in [3.63, 3.8) is 0 Å². The Hall–Kier alpha value is -2.64. The number of rotatable bonds is 5. The zero-order valence-electron chi connectivity index (χ0n) is 16.7. The van der Waals surface area contributed by atoms with Crippen molar-refractivity contribution in [1.29, 1.82) is 0 Å². The molecule has 0 atom stereocenters. The fraction of sp³-hybridized carbons (Fsp3) is 0.286. The Bertz CT molecular complexity index is 1160. The molecular weight excluding hydrogens is 376 g/mol. The zero-order valence-corrected chi connectivity index (χ0v) is 17.5. The van der Waals surface area contributed by atoms with Gasteiger partial charge >= 0.3 is 0 Å². The Kier molecular flexibility index (Phi) is 5.32. The molecule has 1 heterocycles. The van der Waals surface area contributed by atoms with Gasteiger partial charge in [-0.3, -0.25) is 4.79 Å². The molecular formula is C21H24N2O4S. The fourth-order valence-electron chi connectivity index (χ4n) is 2.95. The lowest BCUT2D eigenvalue weighted by Gasteiger charge is -2.14. The molecule has 7 heteroatoms. The van der Waals surface area contributed by atoms with Crippen molar-refractivity contribution < 1.29 is 17.6 Å². The van der Waals surface area contributed by atoms with E-state index < -0.39 is 10.0 Å². The number of sulfonamides is 1. The summed E-state index contributed by atoms with van der Waals surface area (Å²) in [4.78, 5) is 12.7. The summed E-state index contributed by atoms with van der Waals surface area (Å²) in [6.45, 7) is 5.86. The molecule has 1 N–H and O–H groups in total. The summed E-state index contributed by atoms with van der Waals surface area (Å²) in [5.41, 5.74) is 5.08. The van der Waals surface area contributed by atoms with E-state index in [0.29, 0.717) is 5.69 Å². The van der Waals surface area contributed by atoms with Crippen LogP contribution in [0.5, 0.6) is 0 Å². The van der Waals surface area contributed by atoms with Crippen LogP contribution in [-0.2, 0) is 21.2 Å². The van der Waals surface area contributed by atoms with E-state index in [2.05, 4.69) is 5.32 Å². The van der Waals surface area contributed by atoms with Gasteiger partial charge < -0.3 is 9.73 Å². The van der Waals surface area contributed by atoms with E-state index in [9.17, 15) is 13.2 Å². The van der Waals surface area contributed by atoms with Gasteiger partial charge in [0.05, 0.1) is 17.6 Å². The molecule has 0 bridgehead atoms. The predicted molar refractivity (Wildman–Crippen MR) is 110 cm³/mol. The number of anilines is 1. The number of nitrogens with one attached hydrogen (secondary N) is 1. The molecule has 0 aliphatic rings. The molecule has 28 heavy (non-hydrogen) atoms. The second kappa shape index (κ2) is 7.41. The van der Waals surface area contributed by atoms with E-state index >= 15 is 0 Å². The summed E-state index contributed by atoms with van der Waals surface area (Å²) in [6.07, 6.45) is 1.74. The molecule has 0 spiro atoms. The predicted octanol–water partition coefficient (Wildman–Crippen LogP) is 3.79. The molecule has 0 saturated carbocycles. The Balaban J connectivity index is 1.85. The van der Waals surface area contributed by atoms with Crippen LogP contribution in [-0.4, -0.2) is 32.7 Å². The van der Waals surface area contributed by atoms with E-state index in [-0.39, 0.29) is 17.2 Å². The largest absolute Gasteiger partial charge is 0.464 e. The molecule has 6 nitrogen and oxygen atoms in total. The summed E-state index contributed by atoms with van der Waals surface area (Å²) in [7, 11) is -0.626. The molecule has 2 aromatic carbocycles. The highest BCUT2D eigenvalue weighted by molar-refractivity contribution is 7.89. The van der Waals surface area contributed by atoms with Crippen LogP contribution in [0.1, 0.15) is 22.3 Å². The monoisotopic (exact) mass is 400 g/mol. The first-order valence-electron chi connectivity index (χ1n) is 8.90. The zero-order chi connectivity index (χ0) is 20.6. The molecule has 0 fully saturated rings. The molecule has 0 aliphatic heterocycles. The average molecular weight is 401 g/mol. The summed E-state index contributed by atoms with van der Waals surface area (Å²) in [5.74, 6) is -0.233. The van der Waals surface area contributed by atoms with Crippen LogP contribution in [0.3, 0.4) is 0 Å². The number of amides is 1. The lowest BCUT2D eigenvalue weighted by Crippen LogP contribution is -2.22. The molecule has 3 rings (SSSR count). The number of benzene rings is 2. The van der Waals surface area contributed by atoms with Crippen LogP contribution >= 0.6 is 0 Å². The van der Waals surface area contributed by atoms with Gasteiger partial charge in [-0.25, -0.2) is 12.7 Å². The summed E-state index contributed by atoms with van der Waals surface area (Å²) < 4.78 is 31.4. The quantitative estimate of drug-likeness (QED) is 0.707. The Morgan fingerprint density at radius 3 is 2.39 bits per heavy atom. The number of nitrogens with zero attached hydrogens (tertiary/aromatic N) is 1. The molecule has 0 aliphatic carbocycles. The van der Waals surface area contributed by atoms with Gasteiger partial charge in [-0.1, -0.05) is 6.07 Å². The van der Waals surface area contributed by atoms with Gasteiger partial charge in [-0.05, 0) is 61.7 Å². The van der Waals surface area contributed by atoms with Gasteiger partial charge in [0.15, 0.2) is 0 Å². The Morgan fingerprint density at radius 1 is 1.04 bits per heavy atom. The van der Waals surface area contributed by atoms with Crippen LogP contribution in [0.2, 0.25) is 0 Å². The van der Waals surface area contributed by atoms with E-state index in [4.69, 9.17) is 4.42 Å². The van der Waals surface area contributed by atoms with Gasteiger partial charge in [0.25, 0.3) is 0 Å². The maximum Gasteiger partial charge on any atom is 0.242 e. The van der Waals surface area contributed by atoms with Crippen molar-refractivity contribution in [2.45, 2.75) is 32.1 Å². The number of hydrogen-bond acceptors (Lipinski definition) is 4. The van der Waals surface area contributed by atoms with E-state index in [1.54, 1.807) is 12.3 Å². The van der Waals surface area contributed by atoms with E-state index in [0.717, 1.165) is 37.5 Å². The first-order chi connectivity index (χ1) is 13.1. The second-order valence-corrected chi connectivity index (χ2v) is 9.33. The summed E-state index contributed by atoms with van der Waals surface area (Å²) >= 11 is 0. The number of fused-ring (bicyclic) bond motifs is 1. The minimum Gasteiger partial charge on any atom is -0.464 e. The van der Waals surface area contributed by atoms with Crippen molar-refractivity contribution in [2.75, 3.05) is 19.4 Å². The van der Waals surface area contributed by atoms with Gasteiger partial charge in [0, 0.05) is 30.7 Å². The van der Waals surface area contributed by atoms with Gasteiger partial charge in [0.1, 0.15) is 5.58 Å². The SMILES string of the molecule is Cc1cc2occ(CC(=O)Nc3cc(S(=O)(=O)N(C)C)ccc3C)c2cc1C. The number of hydrogen-bond donors (Lipinski definition) is 1. The lowest BCUT2D eigenvalue weighted by atomic mass is 10.0. The third kappa shape index (κ3) is 3.81. The van der Waals surface area contributed by atoms with Gasteiger partial charge in [-0.15, -0.1) is 0 Å². The minimum absolute atomic E-state index is 0.137. The molecule has 0 saturated heterocycles. The standard InChI is InChI=1S/C21H24N2O4S/c1-13-6-7-17(28(25,26)23(4)5)11-19(13)22-21(24)10-16-12-27-20-9-15(3)14(2)8-18(16)20/h6-9,11-12H,10H2,1-5H3,(H,22,24). The van der Waals surface area contributed by atoms with Crippen LogP contribution in [0.15, 0.2) is 45.9 Å². The minimum atomic E-state index is -3.57.